The second-order valence-electron chi connectivity index (χ2n) is 3.53. The van der Waals surface area contributed by atoms with Gasteiger partial charge in [-0.05, 0) is 19.8 Å². The summed E-state index contributed by atoms with van der Waals surface area (Å²) in [6.07, 6.45) is 5.22. The van der Waals surface area contributed by atoms with Crippen LogP contribution in [-0.2, 0) is 4.79 Å². The molecule has 1 rings (SSSR count). The standard InChI is InChI=1S/C9H17NO/c1-7(10)8-5-3-2-4-6-9(8)11/h7-8H,2-6,10H2,1H3. The van der Waals surface area contributed by atoms with Gasteiger partial charge in [-0.3, -0.25) is 4.79 Å². The van der Waals surface area contributed by atoms with Crippen molar-refractivity contribution in [3.63, 3.8) is 0 Å². The van der Waals surface area contributed by atoms with E-state index >= 15 is 0 Å². The minimum absolute atomic E-state index is 0.0561. The summed E-state index contributed by atoms with van der Waals surface area (Å²) < 4.78 is 0. The van der Waals surface area contributed by atoms with E-state index in [1.807, 2.05) is 6.92 Å². The zero-order chi connectivity index (χ0) is 8.27. The molecule has 0 heterocycles. The van der Waals surface area contributed by atoms with Gasteiger partial charge in [0.2, 0.25) is 0 Å². The molecule has 11 heavy (non-hydrogen) atoms. The molecule has 0 spiro atoms. The molecular weight excluding hydrogens is 138 g/mol. The molecule has 2 unspecified atom stereocenters. The molecule has 0 radical (unpaired) electrons. The Morgan fingerprint density at radius 1 is 1.45 bits per heavy atom. The summed E-state index contributed by atoms with van der Waals surface area (Å²) in [6, 6.07) is 0.0561. The Labute approximate surface area is 68.2 Å². The van der Waals surface area contributed by atoms with E-state index in [0.29, 0.717) is 5.78 Å². The maximum absolute atomic E-state index is 11.4. The monoisotopic (exact) mass is 155 g/mol. The molecule has 0 bridgehead atoms. The van der Waals surface area contributed by atoms with E-state index in [4.69, 9.17) is 5.73 Å². The van der Waals surface area contributed by atoms with Gasteiger partial charge in [0.1, 0.15) is 5.78 Å². The van der Waals surface area contributed by atoms with Crippen LogP contribution in [0.5, 0.6) is 0 Å². The van der Waals surface area contributed by atoms with Crippen molar-refractivity contribution >= 4 is 5.78 Å². The fourth-order valence-corrected chi connectivity index (χ4v) is 1.74. The molecule has 1 aliphatic carbocycles. The lowest BCUT2D eigenvalue weighted by Crippen LogP contribution is -2.32. The fourth-order valence-electron chi connectivity index (χ4n) is 1.74. The molecule has 0 saturated heterocycles. The first-order valence-corrected chi connectivity index (χ1v) is 4.50. The van der Waals surface area contributed by atoms with E-state index < -0.39 is 0 Å². The Kier molecular flexibility index (Phi) is 3.06. The molecule has 0 aromatic heterocycles. The van der Waals surface area contributed by atoms with Crippen molar-refractivity contribution < 1.29 is 4.79 Å². The summed E-state index contributed by atoms with van der Waals surface area (Å²) in [7, 11) is 0. The zero-order valence-electron chi connectivity index (χ0n) is 7.18. The van der Waals surface area contributed by atoms with Crippen LogP contribution in [0.3, 0.4) is 0 Å². The lowest BCUT2D eigenvalue weighted by Gasteiger charge is -2.16. The quantitative estimate of drug-likeness (QED) is 0.583. The Morgan fingerprint density at radius 3 is 2.82 bits per heavy atom. The maximum atomic E-state index is 11.4. The fraction of sp³-hybridized carbons (Fsp3) is 0.889. The molecule has 2 atom stereocenters. The summed E-state index contributed by atoms with van der Waals surface area (Å²) in [5.74, 6) is 0.537. The maximum Gasteiger partial charge on any atom is 0.137 e. The summed E-state index contributed by atoms with van der Waals surface area (Å²) in [5.41, 5.74) is 5.71. The molecule has 0 aromatic rings. The molecule has 64 valence electrons. The summed E-state index contributed by atoms with van der Waals surface area (Å²) in [6.45, 7) is 1.94. The van der Waals surface area contributed by atoms with Gasteiger partial charge in [-0.15, -0.1) is 0 Å². The van der Waals surface area contributed by atoms with Crippen LogP contribution in [0.15, 0.2) is 0 Å². The van der Waals surface area contributed by atoms with E-state index in [2.05, 4.69) is 0 Å². The molecule has 2 heteroatoms. The Balaban J connectivity index is 2.52. The van der Waals surface area contributed by atoms with Crippen LogP contribution in [-0.4, -0.2) is 11.8 Å². The number of Topliss-reactive ketones (excluding diaryl/α,β-unsaturated/α-hetero) is 1. The van der Waals surface area contributed by atoms with Crippen molar-refractivity contribution in [2.45, 2.75) is 45.1 Å². The topological polar surface area (TPSA) is 43.1 Å². The molecular formula is C9H17NO. The molecule has 1 saturated carbocycles. The summed E-state index contributed by atoms with van der Waals surface area (Å²) in [5, 5.41) is 0. The van der Waals surface area contributed by atoms with Crippen molar-refractivity contribution in [3.05, 3.63) is 0 Å². The van der Waals surface area contributed by atoms with Gasteiger partial charge in [-0.25, -0.2) is 0 Å². The van der Waals surface area contributed by atoms with Crippen LogP contribution < -0.4 is 5.73 Å². The van der Waals surface area contributed by atoms with Gasteiger partial charge < -0.3 is 5.73 Å². The van der Waals surface area contributed by atoms with Crippen molar-refractivity contribution in [1.29, 1.82) is 0 Å². The third-order valence-corrected chi connectivity index (χ3v) is 2.49. The molecule has 2 N–H and O–H groups in total. The Hall–Kier alpha value is -0.370. The lowest BCUT2D eigenvalue weighted by molar-refractivity contribution is -0.123. The van der Waals surface area contributed by atoms with Gasteiger partial charge in [0.05, 0.1) is 0 Å². The number of ketones is 1. The molecule has 0 aromatic carbocycles. The van der Waals surface area contributed by atoms with Crippen LogP contribution in [0.4, 0.5) is 0 Å². The van der Waals surface area contributed by atoms with Gasteiger partial charge in [-0.1, -0.05) is 12.8 Å². The van der Waals surface area contributed by atoms with Crippen molar-refractivity contribution in [2.24, 2.45) is 11.7 Å². The molecule has 1 fully saturated rings. The van der Waals surface area contributed by atoms with Crippen molar-refractivity contribution in [2.75, 3.05) is 0 Å². The highest BCUT2D eigenvalue weighted by atomic mass is 16.1. The summed E-state index contributed by atoms with van der Waals surface area (Å²) >= 11 is 0. The number of nitrogens with two attached hydrogens (primary N) is 1. The number of hydrogen-bond donors (Lipinski definition) is 1. The average Bonchev–Trinajstić information content (AvgIpc) is 2.13. The van der Waals surface area contributed by atoms with E-state index in [9.17, 15) is 4.79 Å². The Bertz CT molecular complexity index is 142. The third kappa shape index (κ3) is 2.29. The molecule has 0 amide bonds. The molecule has 1 aliphatic rings. The first kappa shape index (κ1) is 8.72. The van der Waals surface area contributed by atoms with E-state index in [1.165, 1.54) is 12.8 Å². The lowest BCUT2D eigenvalue weighted by atomic mass is 9.92. The van der Waals surface area contributed by atoms with Gasteiger partial charge in [0, 0.05) is 18.4 Å². The second kappa shape index (κ2) is 3.86. The van der Waals surface area contributed by atoms with Gasteiger partial charge in [0.25, 0.3) is 0 Å². The average molecular weight is 155 g/mol. The smallest absolute Gasteiger partial charge is 0.137 e. The van der Waals surface area contributed by atoms with Crippen LogP contribution in [0, 0.1) is 5.92 Å². The van der Waals surface area contributed by atoms with Crippen molar-refractivity contribution in [1.82, 2.24) is 0 Å². The normalized spacial score (nSPS) is 29.6. The second-order valence-corrected chi connectivity index (χ2v) is 3.53. The highest BCUT2D eigenvalue weighted by Gasteiger charge is 2.23. The van der Waals surface area contributed by atoms with E-state index in [1.54, 1.807) is 0 Å². The number of carbonyl (C=O) groups excluding carboxylic acids is 1. The predicted molar refractivity (Wildman–Crippen MR) is 45.2 cm³/mol. The minimum atomic E-state index is 0.0561. The highest BCUT2D eigenvalue weighted by Crippen LogP contribution is 2.21. The minimum Gasteiger partial charge on any atom is -0.327 e. The Morgan fingerprint density at radius 2 is 2.18 bits per heavy atom. The zero-order valence-corrected chi connectivity index (χ0v) is 7.18. The number of rotatable bonds is 1. The number of hydrogen-bond acceptors (Lipinski definition) is 2. The largest absolute Gasteiger partial charge is 0.327 e. The summed E-state index contributed by atoms with van der Waals surface area (Å²) in [4.78, 5) is 11.4. The van der Waals surface area contributed by atoms with Crippen LogP contribution >= 0.6 is 0 Å². The van der Waals surface area contributed by atoms with Gasteiger partial charge >= 0.3 is 0 Å². The first-order valence-electron chi connectivity index (χ1n) is 4.50. The highest BCUT2D eigenvalue weighted by molar-refractivity contribution is 5.81. The third-order valence-electron chi connectivity index (χ3n) is 2.49. The SMILES string of the molecule is CC(N)C1CCCCCC1=O. The van der Waals surface area contributed by atoms with Gasteiger partial charge in [-0.2, -0.15) is 0 Å². The molecule has 0 aliphatic heterocycles. The molecule has 2 nitrogen and oxygen atoms in total. The van der Waals surface area contributed by atoms with E-state index in [0.717, 1.165) is 19.3 Å². The van der Waals surface area contributed by atoms with Crippen LogP contribution in [0.1, 0.15) is 39.0 Å². The van der Waals surface area contributed by atoms with Gasteiger partial charge in [0.15, 0.2) is 0 Å². The van der Waals surface area contributed by atoms with E-state index in [-0.39, 0.29) is 12.0 Å². The predicted octanol–water partition coefficient (Wildman–Crippen LogP) is 1.48. The van der Waals surface area contributed by atoms with Crippen LogP contribution in [0.2, 0.25) is 0 Å². The van der Waals surface area contributed by atoms with Crippen molar-refractivity contribution in [3.8, 4) is 0 Å². The first-order chi connectivity index (χ1) is 5.22. The number of carbonyl (C=O) groups is 1. The van der Waals surface area contributed by atoms with Crippen LogP contribution in [0.25, 0.3) is 0 Å².